The van der Waals surface area contributed by atoms with Crippen molar-refractivity contribution in [3.63, 3.8) is 0 Å². The van der Waals surface area contributed by atoms with Crippen LogP contribution in [-0.4, -0.2) is 40.8 Å². The molecule has 2 amide bonds. The fourth-order valence-corrected chi connectivity index (χ4v) is 3.27. The highest BCUT2D eigenvalue weighted by Gasteiger charge is 2.28. The summed E-state index contributed by atoms with van der Waals surface area (Å²) in [4.78, 5) is 30.8. The number of carbonyl (C=O) groups excluding carboxylic acids is 2. The summed E-state index contributed by atoms with van der Waals surface area (Å²) in [6.45, 7) is 4.68. The number of benzene rings is 1. The number of likely N-dealkylation sites (tertiary alicyclic amines) is 1. The quantitative estimate of drug-likeness (QED) is 0.918. The molecule has 6 heteroatoms. The van der Waals surface area contributed by atoms with E-state index in [1.54, 1.807) is 17.2 Å². The van der Waals surface area contributed by atoms with Crippen LogP contribution in [0.3, 0.4) is 0 Å². The van der Waals surface area contributed by atoms with Gasteiger partial charge in [0.2, 0.25) is 5.91 Å². The zero-order chi connectivity index (χ0) is 18.7. The molecule has 1 aliphatic rings. The van der Waals surface area contributed by atoms with E-state index in [4.69, 9.17) is 5.26 Å². The number of nitrogens with one attached hydrogen (secondary N) is 1. The van der Waals surface area contributed by atoms with Crippen molar-refractivity contribution in [3.05, 3.63) is 41.6 Å². The van der Waals surface area contributed by atoms with E-state index in [1.807, 2.05) is 18.2 Å². The van der Waals surface area contributed by atoms with Gasteiger partial charge >= 0.3 is 0 Å². The van der Waals surface area contributed by atoms with Gasteiger partial charge in [0.1, 0.15) is 6.04 Å². The van der Waals surface area contributed by atoms with Crippen LogP contribution in [0.2, 0.25) is 0 Å². The topological polar surface area (TPSA) is 86.1 Å². The second kappa shape index (κ2) is 7.52. The zero-order valence-corrected chi connectivity index (χ0v) is 15.0. The summed E-state index contributed by atoms with van der Waals surface area (Å²) in [6, 6.07) is 9.31. The maximum atomic E-state index is 12.6. The lowest BCUT2D eigenvalue weighted by atomic mass is 9.99. The largest absolute Gasteiger partial charge is 0.343 e. The third kappa shape index (κ3) is 3.52. The Morgan fingerprint density at radius 1 is 1.38 bits per heavy atom. The molecule has 0 aliphatic carbocycles. The lowest BCUT2D eigenvalue weighted by Crippen LogP contribution is -2.42. The molecule has 2 aromatic rings. The number of rotatable bonds is 4. The lowest BCUT2D eigenvalue weighted by Gasteiger charge is -2.19. The highest BCUT2D eigenvalue weighted by Crippen LogP contribution is 2.22. The first-order chi connectivity index (χ1) is 12.5. The number of nitrogens with zero attached hydrogens (tertiary/aromatic N) is 3. The summed E-state index contributed by atoms with van der Waals surface area (Å²) in [6.07, 6.45) is 3.13. The maximum absolute atomic E-state index is 12.6. The van der Waals surface area contributed by atoms with Gasteiger partial charge in [-0.25, -0.2) is 0 Å². The summed E-state index contributed by atoms with van der Waals surface area (Å²) in [5.41, 5.74) is 2.42. The molecule has 1 aliphatic heterocycles. The third-order valence-corrected chi connectivity index (χ3v) is 4.80. The highest BCUT2D eigenvalue weighted by atomic mass is 16.2. The molecule has 1 N–H and O–H groups in total. The summed E-state index contributed by atoms with van der Waals surface area (Å²) >= 11 is 0. The van der Waals surface area contributed by atoms with Crippen LogP contribution in [0, 0.1) is 11.3 Å². The van der Waals surface area contributed by atoms with Crippen molar-refractivity contribution in [2.75, 3.05) is 13.1 Å². The van der Waals surface area contributed by atoms with E-state index in [9.17, 15) is 9.59 Å². The number of amides is 2. The molecule has 0 bridgehead atoms. The number of aromatic nitrogens is 1. The number of pyridine rings is 1. The average molecular weight is 350 g/mol. The third-order valence-electron chi connectivity index (χ3n) is 4.80. The Balaban J connectivity index is 1.74. The average Bonchev–Trinajstić information content (AvgIpc) is 3.13. The Bertz CT molecular complexity index is 885. The smallest absolute Gasteiger partial charge is 0.252 e. The SMILES string of the molecule is CC(C)c1ccc2c(C(=O)NCC(=O)N3CCCC3C#N)ccnc2c1. The number of carbonyl (C=O) groups is 2. The van der Waals surface area contributed by atoms with E-state index in [0.717, 1.165) is 22.9 Å². The van der Waals surface area contributed by atoms with E-state index < -0.39 is 0 Å². The minimum absolute atomic E-state index is 0.106. The van der Waals surface area contributed by atoms with Gasteiger partial charge in [-0.3, -0.25) is 14.6 Å². The molecular weight excluding hydrogens is 328 g/mol. The van der Waals surface area contributed by atoms with Crippen LogP contribution < -0.4 is 5.32 Å². The molecular formula is C20H22N4O2. The molecule has 1 aromatic heterocycles. The Morgan fingerprint density at radius 3 is 2.92 bits per heavy atom. The van der Waals surface area contributed by atoms with Crippen molar-refractivity contribution >= 4 is 22.7 Å². The van der Waals surface area contributed by atoms with Gasteiger partial charge in [-0.1, -0.05) is 26.0 Å². The van der Waals surface area contributed by atoms with Crippen LogP contribution in [0.1, 0.15) is 48.5 Å². The molecule has 1 aromatic carbocycles. The molecule has 1 fully saturated rings. The van der Waals surface area contributed by atoms with Crippen LogP contribution in [0.5, 0.6) is 0 Å². The van der Waals surface area contributed by atoms with Crippen molar-refractivity contribution in [3.8, 4) is 6.07 Å². The monoisotopic (exact) mass is 350 g/mol. The van der Waals surface area contributed by atoms with Crippen LogP contribution in [0.25, 0.3) is 10.9 Å². The lowest BCUT2D eigenvalue weighted by molar-refractivity contribution is -0.130. The van der Waals surface area contributed by atoms with Crippen LogP contribution in [0.4, 0.5) is 0 Å². The van der Waals surface area contributed by atoms with E-state index in [1.165, 1.54) is 0 Å². The van der Waals surface area contributed by atoms with Crippen molar-refractivity contribution in [1.82, 2.24) is 15.2 Å². The van der Waals surface area contributed by atoms with Crippen LogP contribution >= 0.6 is 0 Å². The van der Waals surface area contributed by atoms with Gasteiger partial charge in [-0.05, 0) is 36.5 Å². The van der Waals surface area contributed by atoms with Gasteiger partial charge in [0, 0.05) is 18.1 Å². The molecule has 3 rings (SSSR count). The van der Waals surface area contributed by atoms with E-state index >= 15 is 0 Å². The predicted octanol–water partition coefficient (Wildman–Crippen LogP) is 2.60. The van der Waals surface area contributed by atoms with E-state index in [0.29, 0.717) is 24.4 Å². The molecule has 1 atom stereocenters. The fourth-order valence-electron chi connectivity index (χ4n) is 3.27. The van der Waals surface area contributed by atoms with Crippen LogP contribution in [-0.2, 0) is 4.79 Å². The van der Waals surface area contributed by atoms with Crippen molar-refractivity contribution < 1.29 is 9.59 Å². The number of nitriles is 1. The van der Waals surface area contributed by atoms with Crippen molar-refractivity contribution in [2.24, 2.45) is 0 Å². The normalized spacial score (nSPS) is 16.7. The fraction of sp³-hybridized carbons (Fsp3) is 0.400. The van der Waals surface area contributed by atoms with Gasteiger partial charge in [0.25, 0.3) is 5.91 Å². The van der Waals surface area contributed by atoms with Crippen LogP contribution in [0.15, 0.2) is 30.5 Å². The Kier molecular flexibility index (Phi) is 5.17. The maximum Gasteiger partial charge on any atom is 0.252 e. The van der Waals surface area contributed by atoms with Crippen molar-refractivity contribution in [1.29, 1.82) is 5.26 Å². The van der Waals surface area contributed by atoms with Crippen molar-refractivity contribution in [2.45, 2.75) is 38.6 Å². The number of hydrogen-bond acceptors (Lipinski definition) is 4. The summed E-state index contributed by atoms with van der Waals surface area (Å²) in [5.74, 6) is -0.150. The molecule has 2 heterocycles. The second-order valence-corrected chi connectivity index (χ2v) is 6.85. The minimum atomic E-state index is -0.379. The Hall–Kier alpha value is -2.94. The number of fused-ring (bicyclic) bond motifs is 1. The predicted molar refractivity (Wildman–Crippen MR) is 98.5 cm³/mol. The van der Waals surface area contributed by atoms with E-state index in [2.05, 4.69) is 30.2 Å². The molecule has 6 nitrogen and oxygen atoms in total. The molecule has 0 saturated carbocycles. The van der Waals surface area contributed by atoms with Gasteiger partial charge in [0.15, 0.2) is 0 Å². The second-order valence-electron chi connectivity index (χ2n) is 6.85. The van der Waals surface area contributed by atoms with Gasteiger partial charge in [-0.15, -0.1) is 0 Å². The first-order valence-corrected chi connectivity index (χ1v) is 8.87. The van der Waals surface area contributed by atoms with Gasteiger partial charge < -0.3 is 10.2 Å². The summed E-state index contributed by atoms with van der Waals surface area (Å²) in [5, 5.41) is 12.5. The van der Waals surface area contributed by atoms with E-state index in [-0.39, 0.29) is 24.4 Å². The minimum Gasteiger partial charge on any atom is -0.343 e. The molecule has 0 radical (unpaired) electrons. The molecule has 1 unspecified atom stereocenters. The number of hydrogen-bond donors (Lipinski definition) is 1. The molecule has 0 spiro atoms. The molecule has 1 saturated heterocycles. The first kappa shape index (κ1) is 17.9. The zero-order valence-electron chi connectivity index (χ0n) is 15.0. The standard InChI is InChI=1S/C20H22N4O2/c1-13(2)14-5-6-16-17(7-8-22-18(16)10-14)20(26)23-12-19(25)24-9-3-4-15(24)11-21/h5-8,10,13,15H,3-4,9,12H2,1-2H3,(H,23,26). The van der Waals surface area contributed by atoms with Gasteiger partial charge in [-0.2, -0.15) is 5.26 Å². The summed E-state index contributed by atoms with van der Waals surface area (Å²) in [7, 11) is 0. The first-order valence-electron chi connectivity index (χ1n) is 8.87. The van der Waals surface area contributed by atoms with Gasteiger partial charge in [0.05, 0.1) is 23.7 Å². The molecule has 26 heavy (non-hydrogen) atoms. The Labute approximate surface area is 152 Å². The summed E-state index contributed by atoms with van der Waals surface area (Å²) < 4.78 is 0. The molecule has 134 valence electrons. The highest BCUT2D eigenvalue weighted by molar-refractivity contribution is 6.07. The Morgan fingerprint density at radius 2 is 2.19 bits per heavy atom.